The number of benzene rings is 3. The zero-order valence-corrected chi connectivity index (χ0v) is 19.6. The zero-order valence-electron chi connectivity index (χ0n) is 15.8. The normalized spacial score (nSPS) is 21.0. The van der Waals surface area contributed by atoms with Crippen molar-refractivity contribution in [3.05, 3.63) is 87.4 Å². The van der Waals surface area contributed by atoms with Crippen molar-refractivity contribution in [2.75, 3.05) is 18.5 Å². The van der Waals surface area contributed by atoms with Crippen LogP contribution in [0, 0.1) is 0 Å². The van der Waals surface area contributed by atoms with Crippen LogP contribution in [0.15, 0.2) is 66.7 Å². The van der Waals surface area contributed by atoms with Gasteiger partial charge in [-0.3, -0.25) is 0 Å². The molecule has 156 valence electrons. The molecular weight excluding hydrogens is 511 g/mol. The van der Waals surface area contributed by atoms with E-state index in [1.54, 1.807) is 12.1 Å². The topological polar surface area (TPSA) is 27.7 Å². The number of halogens is 4. The fraction of sp³-hybridized carbons (Fsp3) is 0.217. The van der Waals surface area contributed by atoms with E-state index in [2.05, 4.69) is 15.9 Å². The van der Waals surface area contributed by atoms with Crippen LogP contribution >= 0.6 is 50.7 Å². The lowest BCUT2D eigenvalue weighted by atomic mass is 10.1. The fourth-order valence-corrected chi connectivity index (χ4v) is 4.72. The van der Waals surface area contributed by atoms with Gasteiger partial charge in [0.2, 0.25) is 5.79 Å². The van der Waals surface area contributed by atoms with Gasteiger partial charge in [-0.15, -0.1) is 0 Å². The van der Waals surface area contributed by atoms with Gasteiger partial charge in [-0.05, 0) is 35.4 Å². The third-order valence-corrected chi connectivity index (χ3v) is 6.42. The van der Waals surface area contributed by atoms with Crippen molar-refractivity contribution in [3.63, 3.8) is 0 Å². The number of hydrogen-bond donors (Lipinski definition) is 0. The standard InChI is InChI=1S/C23H18BrCl3O3/c24-14-23(19-8-7-17(25)11-20(19)26)29-13-18(30-23)12-28-22-9-6-16(10-21(22)27)15-4-2-1-3-5-15/h1-11,18H,12-14H2. The van der Waals surface area contributed by atoms with Crippen molar-refractivity contribution in [2.24, 2.45) is 0 Å². The summed E-state index contributed by atoms with van der Waals surface area (Å²) >= 11 is 22.3. The van der Waals surface area contributed by atoms with E-state index in [1.807, 2.05) is 54.6 Å². The molecule has 0 saturated carbocycles. The second-order valence-corrected chi connectivity index (χ2v) is 8.70. The number of alkyl halides is 1. The molecule has 0 aliphatic carbocycles. The van der Waals surface area contributed by atoms with Crippen LogP contribution < -0.4 is 4.74 Å². The lowest BCUT2D eigenvalue weighted by molar-refractivity contribution is -0.159. The van der Waals surface area contributed by atoms with Crippen molar-refractivity contribution >= 4 is 50.7 Å². The largest absolute Gasteiger partial charge is 0.489 e. The summed E-state index contributed by atoms with van der Waals surface area (Å²) in [6, 6.07) is 21.1. The summed E-state index contributed by atoms with van der Waals surface area (Å²) in [5, 5.41) is 2.01. The van der Waals surface area contributed by atoms with Gasteiger partial charge in [0.15, 0.2) is 0 Å². The Kier molecular flexibility index (Phi) is 6.93. The summed E-state index contributed by atoms with van der Waals surface area (Å²) in [5.74, 6) is -0.391. The van der Waals surface area contributed by atoms with Gasteiger partial charge in [0, 0.05) is 10.6 Å². The van der Waals surface area contributed by atoms with E-state index in [4.69, 9.17) is 49.0 Å². The van der Waals surface area contributed by atoms with Crippen molar-refractivity contribution in [1.29, 1.82) is 0 Å². The SMILES string of the molecule is Clc1ccc(C2(CBr)OCC(COc3ccc(-c4ccccc4)cc3Cl)O2)c(Cl)c1. The third kappa shape index (κ3) is 4.64. The first kappa shape index (κ1) is 21.9. The molecule has 1 saturated heterocycles. The molecule has 2 atom stereocenters. The van der Waals surface area contributed by atoms with Gasteiger partial charge in [0.25, 0.3) is 0 Å². The molecule has 4 rings (SSSR count). The maximum Gasteiger partial charge on any atom is 0.206 e. The number of ether oxygens (including phenoxy) is 3. The second kappa shape index (κ2) is 9.47. The molecule has 3 nitrogen and oxygen atoms in total. The van der Waals surface area contributed by atoms with E-state index >= 15 is 0 Å². The van der Waals surface area contributed by atoms with E-state index in [0.29, 0.717) is 39.4 Å². The van der Waals surface area contributed by atoms with Gasteiger partial charge in [0.05, 0.1) is 22.0 Å². The maximum atomic E-state index is 6.45. The molecule has 0 spiro atoms. The van der Waals surface area contributed by atoms with Gasteiger partial charge < -0.3 is 14.2 Å². The Morgan fingerprint density at radius 1 is 0.933 bits per heavy atom. The summed E-state index contributed by atoms with van der Waals surface area (Å²) in [6.45, 7) is 0.661. The highest BCUT2D eigenvalue weighted by Gasteiger charge is 2.44. The van der Waals surface area contributed by atoms with Crippen LogP contribution in [-0.2, 0) is 15.3 Å². The van der Waals surface area contributed by atoms with Crippen LogP contribution in [-0.4, -0.2) is 24.6 Å². The smallest absolute Gasteiger partial charge is 0.206 e. The predicted molar refractivity (Wildman–Crippen MR) is 125 cm³/mol. The van der Waals surface area contributed by atoms with Gasteiger partial charge in [-0.2, -0.15) is 0 Å². The molecule has 1 fully saturated rings. The number of hydrogen-bond acceptors (Lipinski definition) is 3. The molecule has 0 aromatic heterocycles. The monoisotopic (exact) mass is 526 g/mol. The van der Waals surface area contributed by atoms with E-state index in [-0.39, 0.29) is 6.10 Å². The highest BCUT2D eigenvalue weighted by atomic mass is 79.9. The minimum atomic E-state index is -0.989. The second-order valence-electron chi connectivity index (χ2n) is 6.88. The Balaban J connectivity index is 1.44. The summed E-state index contributed by atoms with van der Waals surface area (Å²) in [7, 11) is 0. The van der Waals surface area contributed by atoms with Crippen molar-refractivity contribution in [3.8, 4) is 16.9 Å². The Morgan fingerprint density at radius 2 is 1.73 bits per heavy atom. The van der Waals surface area contributed by atoms with Crippen molar-refractivity contribution in [2.45, 2.75) is 11.9 Å². The predicted octanol–water partition coefficient (Wildman–Crippen LogP) is 7.36. The number of rotatable bonds is 6. The Bertz CT molecular complexity index is 1030. The first-order chi connectivity index (χ1) is 14.5. The molecular formula is C23H18BrCl3O3. The molecule has 30 heavy (non-hydrogen) atoms. The van der Waals surface area contributed by atoms with Crippen LogP contribution in [0.4, 0.5) is 0 Å². The Hall–Kier alpha value is -1.27. The minimum Gasteiger partial charge on any atom is -0.489 e. The summed E-state index contributed by atoms with van der Waals surface area (Å²) < 4.78 is 18.1. The molecule has 0 N–H and O–H groups in total. The van der Waals surface area contributed by atoms with Gasteiger partial charge in [0.1, 0.15) is 18.5 Å². The van der Waals surface area contributed by atoms with E-state index < -0.39 is 5.79 Å². The van der Waals surface area contributed by atoms with E-state index in [1.165, 1.54) is 0 Å². The van der Waals surface area contributed by atoms with Gasteiger partial charge in [-0.1, -0.05) is 93.2 Å². The lowest BCUT2D eigenvalue weighted by Gasteiger charge is -2.27. The quantitative estimate of drug-likeness (QED) is 0.313. The molecule has 2 unspecified atom stereocenters. The highest BCUT2D eigenvalue weighted by Crippen LogP contribution is 2.40. The molecule has 3 aromatic rings. The first-order valence-corrected chi connectivity index (χ1v) is 11.6. The molecule has 1 aliphatic rings. The van der Waals surface area contributed by atoms with Crippen LogP contribution in [0.5, 0.6) is 5.75 Å². The van der Waals surface area contributed by atoms with Crippen LogP contribution in [0.3, 0.4) is 0 Å². The molecule has 3 aromatic carbocycles. The maximum absolute atomic E-state index is 6.45. The highest BCUT2D eigenvalue weighted by molar-refractivity contribution is 9.09. The van der Waals surface area contributed by atoms with E-state index in [9.17, 15) is 0 Å². The van der Waals surface area contributed by atoms with Crippen LogP contribution in [0.1, 0.15) is 5.56 Å². The molecule has 7 heteroatoms. The summed E-state index contributed by atoms with van der Waals surface area (Å²) in [6.07, 6.45) is -0.279. The molecule has 0 radical (unpaired) electrons. The van der Waals surface area contributed by atoms with Crippen molar-refractivity contribution in [1.82, 2.24) is 0 Å². The summed E-state index contributed by atoms with van der Waals surface area (Å²) in [5.41, 5.74) is 2.85. The minimum absolute atomic E-state index is 0.279. The van der Waals surface area contributed by atoms with Crippen molar-refractivity contribution < 1.29 is 14.2 Å². The first-order valence-electron chi connectivity index (χ1n) is 9.32. The van der Waals surface area contributed by atoms with Gasteiger partial charge >= 0.3 is 0 Å². The molecule has 1 aliphatic heterocycles. The van der Waals surface area contributed by atoms with Gasteiger partial charge in [-0.25, -0.2) is 0 Å². The third-order valence-electron chi connectivity index (χ3n) is 4.84. The van der Waals surface area contributed by atoms with Crippen LogP contribution in [0.25, 0.3) is 11.1 Å². The molecule has 1 heterocycles. The Morgan fingerprint density at radius 3 is 2.43 bits per heavy atom. The molecule has 0 amide bonds. The average Bonchev–Trinajstić information content (AvgIpc) is 3.18. The average molecular weight is 529 g/mol. The van der Waals surface area contributed by atoms with E-state index in [0.717, 1.165) is 16.7 Å². The molecule has 0 bridgehead atoms. The zero-order chi connectivity index (χ0) is 21.1. The van der Waals surface area contributed by atoms with Crippen LogP contribution in [0.2, 0.25) is 15.1 Å². The fourth-order valence-electron chi connectivity index (χ4n) is 3.34. The lowest BCUT2D eigenvalue weighted by Crippen LogP contribution is -2.31. The summed E-state index contributed by atoms with van der Waals surface area (Å²) in [4.78, 5) is 0. The Labute approximate surface area is 198 Å².